The van der Waals surface area contributed by atoms with E-state index in [-0.39, 0.29) is 24.0 Å². The van der Waals surface area contributed by atoms with Gasteiger partial charge in [0.25, 0.3) is 0 Å². The third kappa shape index (κ3) is 6.07. The quantitative estimate of drug-likeness (QED) is 0.376. The number of hydrogen-bond acceptors (Lipinski definition) is 4. The van der Waals surface area contributed by atoms with Crippen LogP contribution in [0.25, 0.3) is 0 Å². The topological polar surface area (TPSA) is 40.1 Å². The molecule has 148 valence electrons. The number of fused-ring (bicyclic) bond motifs is 1. The molecule has 0 atom stereocenters. The molecule has 0 aliphatic carbocycles. The van der Waals surface area contributed by atoms with Gasteiger partial charge in [0.1, 0.15) is 0 Å². The summed E-state index contributed by atoms with van der Waals surface area (Å²) in [5, 5.41) is 5.69. The minimum Gasteiger partial charge on any atom is -0.378 e. The molecule has 3 heterocycles. The lowest BCUT2D eigenvalue weighted by atomic mass is 10.1. The van der Waals surface area contributed by atoms with E-state index in [1.807, 2.05) is 11.3 Å². The standard InChI is InChI=1S/C19H32N4OS.HI/c1-3-20-19(23-11-5-17(6-12-23)24-4-2)21-9-13-22-10-7-18-16(15-22)8-14-25-18;/h8,14,17H,3-7,9-13,15H2,1-2H3,(H,20,21);1H. The summed E-state index contributed by atoms with van der Waals surface area (Å²) < 4.78 is 5.76. The molecule has 3 rings (SSSR count). The first kappa shape index (κ1) is 21.9. The summed E-state index contributed by atoms with van der Waals surface area (Å²) in [5.74, 6) is 1.07. The van der Waals surface area contributed by atoms with Crippen LogP contribution in [0.1, 0.15) is 37.1 Å². The van der Waals surface area contributed by atoms with Gasteiger partial charge < -0.3 is 15.0 Å². The second-order valence-corrected chi connectivity index (χ2v) is 7.77. The smallest absolute Gasteiger partial charge is 0.193 e. The van der Waals surface area contributed by atoms with E-state index in [9.17, 15) is 0 Å². The second-order valence-electron chi connectivity index (χ2n) is 6.77. The molecule has 1 saturated heterocycles. The van der Waals surface area contributed by atoms with Gasteiger partial charge in [0.2, 0.25) is 0 Å². The van der Waals surface area contributed by atoms with E-state index in [0.717, 1.165) is 64.7 Å². The molecule has 26 heavy (non-hydrogen) atoms. The molecule has 1 fully saturated rings. The number of likely N-dealkylation sites (tertiary alicyclic amines) is 1. The normalized spacial score (nSPS) is 19.2. The third-order valence-electron chi connectivity index (χ3n) is 5.04. The van der Waals surface area contributed by atoms with Crippen LogP contribution in [0, 0.1) is 0 Å². The first-order valence-corrected chi connectivity index (χ1v) is 10.6. The summed E-state index contributed by atoms with van der Waals surface area (Å²) in [6.07, 6.45) is 3.83. The predicted molar refractivity (Wildman–Crippen MR) is 121 cm³/mol. The van der Waals surface area contributed by atoms with Gasteiger partial charge in [-0.05, 0) is 50.1 Å². The largest absolute Gasteiger partial charge is 0.378 e. The number of piperidine rings is 1. The van der Waals surface area contributed by atoms with Crippen molar-refractivity contribution >= 4 is 41.3 Å². The second kappa shape index (κ2) is 11.5. The van der Waals surface area contributed by atoms with E-state index < -0.39 is 0 Å². The van der Waals surface area contributed by atoms with Crippen LogP contribution in [0.4, 0.5) is 0 Å². The van der Waals surface area contributed by atoms with Crippen molar-refractivity contribution in [1.82, 2.24) is 15.1 Å². The van der Waals surface area contributed by atoms with Gasteiger partial charge in [0.05, 0.1) is 12.6 Å². The van der Waals surface area contributed by atoms with Gasteiger partial charge in [-0.1, -0.05) is 0 Å². The number of halogens is 1. The molecule has 2 aliphatic heterocycles. The highest BCUT2D eigenvalue weighted by Gasteiger charge is 2.22. The molecule has 0 spiro atoms. The van der Waals surface area contributed by atoms with E-state index in [1.165, 1.54) is 18.5 Å². The van der Waals surface area contributed by atoms with Gasteiger partial charge in [0, 0.05) is 50.8 Å². The van der Waals surface area contributed by atoms with Crippen LogP contribution in [0.2, 0.25) is 0 Å². The molecule has 0 aromatic carbocycles. The fraction of sp³-hybridized carbons (Fsp3) is 0.737. The van der Waals surface area contributed by atoms with Crippen LogP contribution < -0.4 is 5.32 Å². The Morgan fingerprint density at radius 1 is 1.31 bits per heavy atom. The van der Waals surface area contributed by atoms with E-state index in [0.29, 0.717) is 6.10 Å². The van der Waals surface area contributed by atoms with Crippen molar-refractivity contribution < 1.29 is 4.74 Å². The zero-order chi connectivity index (χ0) is 17.5. The molecule has 0 radical (unpaired) electrons. The van der Waals surface area contributed by atoms with Gasteiger partial charge in [-0.2, -0.15) is 0 Å². The van der Waals surface area contributed by atoms with Gasteiger partial charge in [-0.3, -0.25) is 9.89 Å². The summed E-state index contributed by atoms with van der Waals surface area (Å²) >= 11 is 1.90. The lowest BCUT2D eigenvalue weighted by Crippen LogP contribution is -2.47. The maximum atomic E-state index is 5.76. The summed E-state index contributed by atoms with van der Waals surface area (Å²) in [5.41, 5.74) is 1.52. The SMILES string of the molecule is CCNC(=NCCN1CCc2sccc2C1)N1CCC(OCC)CC1.I. The zero-order valence-corrected chi connectivity index (χ0v) is 19.2. The highest BCUT2D eigenvalue weighted by Crippen LogP contribution is 2.23. The third-order valence-corrected chi connectivity index (χ3v) is 6.07. The Kier molecular flexibility index (Phi) is 9.66. The lowest BCUT2D eigenvalue weighted by Gasteiger charge is -2.34. The van der Waals surface area contributed by atoms with Crippen molar-refractivity contribution in [2.75, 3.05) is 45.9 Å². The molecule has 1 aromatic rings. The van der Waals surface area contributed by atoms with E-state index >= 15 is 0 Å². The minimum atomic E-state index is 0. The average molecular weight is 492 g/mol. The number of nitrogens with zero attached hydrogens (tertiary/aromatic N) is 3. The fourth-order valence-electron chi connectivity index (χ4n) is 3.69. The summed E-state index contributed by atoms with van der Waals surface area (Å²) in [6, 6.07) is 2.28. The number of rotatable bonds is 6. The first-order chi connectivity index (χ1) is 12.3. The molecular formula is C19H33IN4OS. The highest BCUT2D eigenvalue weighted by atomic mass is 127. The van der Waals surface area contributed by atoms with Crippen molar-refractivity contribution in [2.24, 2.45) is 4.99 Å². The lowest BCUT2D eigenvalue weighted by molar-refractivity contribution is 0.0263. The number of guanidine groups is 1. The minimum absolute atomic E-state index is 0. The molecular weight excluding hydrogens is 459 g/mol. The van der Waals surface area contributed by atoms with Crippen molar-refractivity contribution in [3.8, 4) is 0 Å². The number of hydrogen-bond donors (Lipinski definition) is 1. The molecule has 2 aliphatic rings. The average Bonchev–Trinajstić information content (AvgIpc) is 3.10. The molecule has 1 N–H and O–H groups in total. The Bertz CT molecular complexity index is 557. The number of ether oxygens (including phenoxy) is 1. The van der Waals surface area contributed by atoms with Crippen molar-refractivity contribution in [1.29, 1.82) is 0 Å². The highest BCUT2D eigenvalue weighted by molar-refractivity contribution is 14.0. The fourth-order valence-corrected chi connectivity index (χ4v) is 4.58. The molecule has 0 bridgehead atoms. The molecule has 7 heteroatoms. The maximum absolute atomic E-state index is 5.76. The monoisotopic (exact) mass is 492 g/mol. The molecule has 0 saturated carbocycles. The predicted octanol–water partition coefficient (Wildman–Crippen LogP) is 3.19. The maximum Gasteiger partial charge on any atom is 0.193 e. The Labute approximate surface area is 179 Å². The number of nitrogens with one attached hydrogen (secondary N) is 1. The van der Waals surface area contributed by atoms with Crippen LogP contribution >= 0.6 is 35.3 Å². The summed E-state index contributed by atoms with van der Waals surface area (Å²) in [6.45, 7) is 12.2. The van der Waals surface area contributed by atoms with Gasteiger partial charge >= 0.3 is 0 Å². The number of thiophene rings is 1. The zero-order valence-electron chi connectivity index (χ0n) is 16.1. The van der Waals surface area contributed by atoms with Gasteiger partial charge in [0.15, 0.2) is 5.96 Å². The van der Waals surface area contributed by atoms with Crippen LogP contribution in [0.5, 0.6) is 0 Å². The molecule has 5 nitrogen and oxygen atoms in total. The first-order valence-electron chi connectivity index (χ1n) is 9.72. The van der Waals surface area contributed by atoms with Crippen LogP contribution in [0.15, 0.2) is 16.4 Å². The van der Waals surface area contributed by atoms with E-state index in [2.05, 4.69) is 40.4 Å². The Hall–Kier alpha value is -0.380. The van der Waals surface area contributed by atoms with Gasteiger partial charge in [-0.15, -0.1) is 35.3 Å². The van der Waals surface area contributed by atoms with Crippen molar-refractivity contribution in [3.63, 3.8) is 0 Å². The molecule has 0 amide bonds. The number of aliphatic imine (C=N–C) groups is 1. The van der Waals surface area contributed by atoms with Crippen molar-refractivity contribution in [2.45, 2.75) is 45.8 Å². The van der Waals surface area contributed by atoms with Crippen molar-refractivity contribution in [3.05, 3.63) is 21.9 Å². The Morgan fingerprint density at radius 3 is 2.85 bits per heavy atom. The van der Waals surface area contributed by atoms with E-state index in [1.54, 1.807) is 4.88 Å². The summed E-state index contributed by atoms with van der Waals surface area (Å²) in [4.78, 5) is 11.4. The Balaban J connectivity index is 0.00000243. The molecule has 0 unspecified atom stereocenters. The van der Waals surface area contributed by atoms with Crippen LogP contribution in [-0.2, 0) is 17.7 Å². The summed E-state index contributed by atoms with van der Waals surface area (Å²) in [7, 11) is 0. The van der Waals surface area contributed by atoms with Crippen LogP contribution in [-0.4, -0.2) is 67.7 Å². The van der Waals surface area contributed by atoms with Gasteiger partial charge in [-0.25, -0.2) is 0 Å². The molecule has 1 aromatic heterocycles. The van der Waals surface area contributed by atoms with Crippen LogP contribution in [0.3, 0.4) is 0 Å². The Morgan fingerprint density at radius 2 is 2.12 bits per heavy atom. The van der Waals surface area contributed by atoms with E-state index in [4.69, 9.17) is 9.73 Å².